The number of amides is 5. The molecule has 0 radical (unpaired) electrons. The minimum Gasteiger partial charge on any atom is -0.447 e. The van der Waals surface area contributed by atoms with Gasteiger partial charge in [-0.1, -0.05) is 6.07 Å². The molecule has 0 N–H and O–H groups in total. The predicted molar refractivity (Wildman–Crippen MR) is 149 cm³/mol. The van der Waals surface area contributed by atoms with Gasteiger partial charge in [-0.2, -0.15) is 0 Å². The number of nitrogens with zero attached hydrogens (tertiary/aromatic N) is 6. The second kappa shape index (κ2) is 10.1. The van der Waals surface area contributed by atoms with E-state index in [9.17, 15) is 19.2 Å². The zero-order valence-corrected chi connectivity index (χ0v) is 23.1. The maximum Gasteiger partial charge on any atom is 0.414 e. The Kier molecular flexibility index (Phi) is 6.59. The van der Waals surface area contributed by atoms with Gasteiger partial charge in [0.15, 0.2) is 0 Å². The highest BCUT2D eigenvalue weighted by molar-refractivity contribution is 6.09. The molecule has 210 valence electrons. The van der Waals surface area contributed by atoms with Crippen molar-refractivity contribution in [3.63, 3.8) is 0 Å². The number of imide groups is 1. The zero-order chi connectivity index (χ0) is 28.1. The molecule has 3 saturated heterocycles. The zero-order valence-electron chi connectivity index (χ0n) is 23.1. The predicted octanol–water partition coefficient (Wildman–Crippen LogP) is 3.36. The second-order valence-electron chi connectivity index (χ2n) is 11.1. The number of pyridine rings is 1. The number of carbonyl (C=O) groups excluding carboxylic acids is 4. The molecule has 11 heteroatoms. The average molecular weight is 547 g/mol. The highest BCUT2D eigenvalue weighted by Crippen LogP contribution is 2.40. The molecule has 1 aliphatic carbocycles. The van der Waals surface area contributed by atoms with Crippen LogP contribution in [0.25, 0.3) is 0 Å². The molecule has 0 bridgehead atoms. The van der Waals surface area contributed by atoms with Gasteiger partial charge in [0, 0.05) is 58.1 Å². The summed E-state index contributed by atoms with van der Waals surface area (Å²) in [5.74, 6) is 1.07. The largest absolute Gasteiger partial charge is 0.447 e. The third kappa shape index (κ3) is 4.63. The smallest absolute Gasteiger partial charge is 0.414 e. The lowest BCUT2D eigenvalue weighted by Crippen LogP contribution is -2.49. The molecular formula is C29H34N6O5. The summed E-state index contributed by atoms with van der Waals surface area (Å²) in [6, 6.07) is 6.64. The Morgan fingerprint density at radius 1 is 1.00 bits per heavy atom. The van der Waals surface area contributed by atoms with Crippen molar-refractivity contribution in [1.82, 2.24) is 14.8 Å². The van der Waals surface area contributed by atoms with Crippen LogP contribution in [-0.4, -0.2) is 90.6 Å². The van der Waals surface area contributed by atoms with Crippen LogP contribution in [0.3, 0.4) is 0 Å². The normalized spacial score (nSPS) is 21.4. The molecule has 6 rings (SSSR count). The van der Waals surface area contributed by atoms with Crippen molar-refractivity contribution in [2.24, 2.45) is 0 Å². The fourth-order valence-electron chi connectivity index (χ4n) is 5.85. The molecule has 1 aromatic carbocycles. The summed E-state index contributed by atoms with van der Waals surface area (Å²) < 4.78 is 5.18. The Hall–Kier alpha value is -4.15. The van der Waals surface area contributed by atoms with E-state index in [-0.39, 0.29) is 37.6 Å². The molecule has 4 heterocycles. The van der Waals surface area contributed by atoms with Crippen molar-refractivity contribution in [2.75, 3.05) is 60.6 Å². The van der Waals surface area contributed by atoms with Crippen molar-refractivity contribution in [2.45, 2.75) is 45.6 Å². The van der Waals surface area contributed by atoms with Gasteiger partial charge in [0.25, 0.3) is 5.91 Å². The summed E-state index contributed by atoms with van der Waals surface area (Å²) in [6.07, 6.45) is 3.99. The SMILES string of the molecule is CC(=O)N1CCN(c2cc(N3C(=O)OCC3C)ccc2C(=O)N2CCN(c3ncc(C4CC4)cc3C)CC2)C1=O. The fraction of sp³-hybridized carbons (Fsp3) is 0.483. The second-order valence-corrected chi connectivity index (χ2v) is 11.1. The molecular weight excluding hydrogens is 512 g/mol. The van der Waals surface area contributed by atoms with Gasteiger partial charge < -0.3 is 14.5 Å². The maximum atomic E-state index is 13.9. The van der Waals surface area contributed by atoms with Crippen LogP contribution in [0.5, 0.6) is 0 Å². The third-order valence-electron chi connectivity index (χ3n) is 8.24. The van der Waals surface area contributed by atoms with E-state index in [0.717, 1.165) is 16.3 Å². The molecule has 1 saturated carbocycles. The molecule has 1 aromatic heterocycles. The summed E-state index contributed by atoms with van der Waals surface area (Å²) in [7, 11) is 0. The monoisotopic (exact) mass is 546 g/mol. The van der Waals surface area contributed by atoms with Gasteiger partial charge >= 0.3 is 12.1 Å². The van der Waals surface area contributed by atoms with Crippen LogP contribution in [0.2, 0.25) is 0 Å². The Balaban J connectivity index is 1.24. The number of ether oxygens (including phenoxy) is 1. The van der Waals surface area contributed by atoms with Crippen molar-refractivity contribution in [1.29, 1.82) is 0 Å². The molecule has 5 amide bonds. The molecule has 2 aromatic rings. The first-order valence-corrected chi connectivity index (χ1v) is 13.9. The molecule has 40 heavy (non-hydrogen) atoms. The minimum absolute atomic E-state index is 0.187. The lowest BCUT2D eigenvalue weighted by atomic mass is 10.1. The van der Waals surface area contributed by atoms with Gasteiger partial charge in [-0.05, 0) is 61.9 Å². The molecule has 0 spiro atoms. The number of aryl methyl sites for hydroxylation is 1. The highest BCUT2D eigenvalue weighted by Gasteiger charge is 2.37. The molecule has 3 aliphatic heterocycles. The van der Waals surface area contributed by atoms with Gasteiger partial charge in [0.2, 0.25) is 5.91 Å². The van der Waals surface area contributed by atoms with E-state index in [2.05, 4.69) is 17.9 Å². The van der Waals surface area contributed by atoms with Crippen LogP contribution in [0.15, 0.2) is 30.5 Å². The number of hydrogen-bond acceptors (Lipinski definition) is 7. The Labute approximate surface area is 233 Å². The highest BCUT2D eigenvalue weighted by atomic mass is 16.6. The summed E-state index contributed by atoms with van der Waals surface area (Å²) in [6.45, 7) is 8.38. The minimum atomic E-state index is -0.475. The van der Waals surface area contributed by atoms with E-state index in [1.807, 2.05) is 13.1 Å². The summed E-state index contributed by atoms with van der Waals surface area (Å²) in [4.78, 5) is 64.3. The number of anilines is 3. The van der Waals surface area contributed by atoms with Crippen LogP contribution in [0.1, 0.15) is 54.1 Å². The van der Waals surface area contributed by atoms with Crippen molar-refractivity contribution in [3.05, 3.63) is 47.2 Å². The Bertz CT molecular complexity index is 1380. The number of aromatic nitrogens is 1. The number of piperazine rings is 1. The van der Waals surface area contributed by atoms with E-state index in [1.54, 1.807) is 23.1 Å². The first kappa shape index (κ1) is 26.1. The first-order chi connectivity index (χ1) is 19.2. The summed E-state index contributed by atoms with van der Waals surface area (Å²) >= 11 is 0. The summed E-state index contributed by atoms with van der Waals surface area (Å²) in [5.41, 5.74) is 3.75. The number of urea groups is 1. The van der Waals surface area contributed by atoms with Gasteiger partial charge in [-0.25, -0.2) is 14.6 Å². The third-order valence-corrected chi connectivity index (χ3v) is 8.24. The van der Waals surface area contributed by atoms with E-state index >= 15 is 0 Å². The van der Waals surface area contributed by atoms with Gasteiger partial charge in [-0.3, -0.25) is 24.3 Å². The first-order valence-electron chi connectivity index (χ1n) is 13.9. The average Bonchev–Trinajstić information content (AvgIpc) is 3.65. The lowest BCUT2D eigenvalue weighted by molar-refractivity contribution is -0.125. The quantitative estimate of drug-likeness (QED) is 0.566. The Morgan fingerprint density at radius 2 is 1.75 bits per heavy atom. The van der Waals surface area contributed by atoms with Gasteiger partial charge in [-0.15, -0.1) is 0 Å². The number of benzene rings is 1. The van der Waals surface area contributed by atoms with Crippen molar-refractivity contribution >= 4 is 41.1 Å². The molecule has 1 unspecified atom stereocenters. The number of rotatable bonds is 5. The van der Waals surface area contributed by atoms with E-state index in [1.165, 1.54) is 35.1 Å². The van der Waals surface area contributed by atoms with E-state index < -0.39 is 12.1 Å². The lowest BCUT2D eigenvalue weighted by Gasteiger charge is -2.36. The van der Waals surface area contributed by atoms with Crippen LogP contribution in [-0.2, 0) is 9.53 Å². The summed E-state index contributed by atoms with van der Waals surface area (Å²) in [5, 5.41) is 0. The molecule has 4 fully saturated rings. The van der Waals surface area contributed by atoms with Crippen LogP contribution >= 0.6 is 0 Å². The Morgan fingerprint density at radius 3 is 2.35 bits per heavy atom. The van der Waals surface area contributed by atoms with Crippen LogP contribution in [0, 0.1) is 6.92 Å². The fourth-order valence-corrected chi connectivity index (χ4v) is 5.85. The molecule has 1 atom stereocenters. The van der Waals surface area contributed by atoms with Crippen molar-refractivity contribution < 1.29 is 23.9 Å². The topological polar surface area (TPSA) is 107 Å². The molecule has 11 nitrogen and oxygen atoms in total. The van der Waals surface area contributed by atoms with E-state index in [0.29, 0.717) is 49.0 Å². The standard InChI is InChI=1S/C29H34N6O5/c1-18-14-22(21-4-5-21)16-30-26(18)31-8-10-32(11-9-31)27(37)24-7-6-23(35-19(2)17-40-29(35)39)15-25(24)34-13-12-33(20(3)36)28(34)38/h6-7,14-16,19,21H,4-5,8-13,17H2,1-3H3. The molecule has 4 aliphatic rings. The van der Waals surface area contributed by atoms with Crippen LogP contribution in [0.4, 0.5) is 26.8 Å². The maximum absolute atomic E-state index is 13.9. The van der Waals surface area contributed by atoms with Crippen molar-refractivity contribution in [3.8, 4) is 0 Å². The van der Waals surface area contributed by atoms with Crippen LogP contribution < -0.4 is 14.7 Å². The van der Waals surface area contributed by atoms with Gasteiger partial charge in [0.05, 0.1) is 17.3 Å². The van der Waals surface area contributed by atoms with Gasteiger partial charge in [0.1, 0.15) is 12.4 Å². The van der Waals surface area contributed by atoms with E-state index in [4.69, 9.17) is 9.72 Å². The number of carbonyl (C=O) groups is 4. The number of hydrogen-bond donors (Lipinski definition) is 0. The number of cyclic esters (lactones) is 1.